The fraction of sp³-hybridized carbons (Fsp3) is 0. The molecule has 220 valence electrons. The third kappa shape index (κ3) is 4.77. The lowest BCUT2D eigenvalue weighted by molar-refractivity contribution is 1.18. The summed E-state index contributed by atoms with van der Waals surface area (Å²) >= 11 is 0. The molecule has 0 aliphatic carbocycles. The molecular weight excluding hydrogens is 571 g/mol. The molecule has 0 unspecified atom stereocenters. The van der Waals surface area contributed by atoms with Gasteiger partial charge in [0.1, 0.15) is 0 Å². The average molecular weight is 600 g/mol. The van der Waals surface area contributed by atoms with E-state index in [2.05, 4.69) is 174 Å². The maximum atomic E-state index is 5.13. The summed E-state index contributed by atoms with van der Waals surface area (Å²) in [5, 5.41) is 4.91. The van der Waals surface area contributed by atoms with E-state index in [0.29, 0.717) is 5.82 Å². The van der Waals surface area contributed by atoms with Gasteiger partial charge < -0.3 is 4.57 Å². The Morgan fingerprint density at radius 1 is 0.362 bits per heavy atom. The van der Waals surface area contributed by atoms with Gasteiger partial charge in [0.25, 0.3) is 0 Å². The topological polar surface area (TPSA) is 30.7 Å². The van der Waals surface area contributed by atoms with E-state index in [9.17, 15) is 0 Å². The zero-order valence-corrected chi connectivity index (χ0v) is 25.6. The van der Waals surface area contributed by atoms with Crippen LogP contribution in [0.2, 0.25) is 0 Å². The van der Waals surface area contributed by atoms with Gasteiger partial charge in [-0.25, -0.2) is 9.97 Å². The third-order valence-corrected chi connectivity index (χ3v) is 9.04. The molecule has 47 heavy (non-hydrogen) atoms. The Bertz CT molecular complexity index is 2490. The summed E-state index contributed by atoms with van der Waals surface area (Å²) in [5.74, 6) is 0.711. The molecule has 0 saturated heterocycles. The predicted octanol–water partition coefficient (Wildman–Crippen LogP) is 11.4. The van der Waals surface area contributed by atoms with Crippen molar-refractivity contribution in [2.75, 3.05) is 0 Å². The van der Waals surface area contributed by atoms with Crippen LogP contribution in [0.15, 0.2) is 176 Å². The highest BCUT2D eigenvalue weighted by Gasteiger charge is 2.14. The van der Waals surface area contributed by atoms with Crippen LogP contribution in [0.5, 0.6) is 0 Å². The van der Waals surface area contributed by atoms with Gasteiger partial charge in [0.15, 0.2) is 5.82 Å². The van der Waals surface area contributed by atoms with Crippen LogP contribution in [0.25, 0.3) is 83.3 Å². The van der Waals surface area contributed by atoms with E-state index < -0.39 is 0 Å². The molecule has 2 heterocycles. The quantitative estimate of drug-likeness (QED) is 0.197. The molecule has 0 amide bonds. The van der Waals surface area contributed by atoms with Crippen LogP contribution >= 0.6 is 0 Å². The first-order chi connectivity index (χ1) is 23.3. The van der Waals surface area contributed by atoms with E-state index in [1.807, 2.05) is 6.07 Å². The van der Waals surface area contributed by atoms with E-state index in [-0.39, 0.29) is 0 Å². The zero-order valence-electron chi connectivity index (χ0n) is 25.6. The highest BCUT2D eigenvalue weighted by molar-refractivity contribution is 6.09. The standard InChI is InChI=1S/C44H29N3/c1-2-12-33(13-3-1)40-29-41(37-18-10-14-32-11-4-5-15-36(32)37)46-44(45-40)34-23-21-30(22-24-34)31-25-27-35(28-26-31)47-42-19-8-6-16-38(42)39-17-7-9-20-43(39)47/h1-29H. The lowest BCUT2D eigenvalue weighted by Crippen LogP contribution is -1.96. The van der Waals surface area contributed by atoms with Crippen molar-refractivity contribution in [1.29, 1.82) is 0 Å². The fourth-order valence-corrected chi connectivity index (χ4v) is 6.74. The van der Waals surface area contributed by atoms with Crippen LogP contribution in [0.3, 0.4) is 0 Å². The van der Waals surface area contributed by atoms with Gasteiger partial charge >= 0.3 is 0 Å². The Labute approximate surface area is 273 Å². The summed E-state index contributed by atoms with van der Waals surface area (Å²) in [7, 11) is 0. The van der Waals surface area contributed by atoms with Crippen LogP contribution in [-0.4, -0.2) is 14.5 Å². The van der Waals surface area contributed by atoms with Crippen LogP contribution < -0.4 is 0 Å². The molecular formula is C44H29N3. The Hall–Kier alpha value is -6.32. The van der Waals surface area contributed by atoms with Crippen molar-refractivity contribution in [3.8, 4) is 50.7 Å². The molecule has 0 fully saturated rings. The van der Waals surface area contributed by atoms with E-state index in [1.165, 1.54) is 32.6 Å². The first kappa shape index (κ1) is 27.0. The van der Waals surface area contributed by atoms with E-state index in [1.54, 1.807) is 0 Å². The molecule has 9 aromatic rings. The van der Waals surface area contributed by atoms with Gasteiger partial charge in [-0.05, 0) is 52.2 Å². The molecule has 0 bridgehead atoms. The second-order valence-electron chi connectivity index (χ2n) is 11.8. The van der Waals surface area contributed by atoms with E-state index in [0.717, 1.165) is 44.9 Å². The molecule has 0 saturated carbocycles. The van der Waals surface area contributed by atoms with Crippen molar-refractivity contribution in [3.05, 3.63) is 176 Å². The molecule has 0 spiro atoms. The Morgan fingerprint density at radius 2 is 0.894 bits per heavy atom. The van der Waals surface area contributed by atoms with Gasteiger partial charge in [-0.15, -0.1) is 0 Å². The van der Waals surface area contributed by atoms with Crippen molar-refractivity contribution < 1.29 is 0 Å². The van der Waals surface area contributed by atoms with E-state index in [4.69, 9.17) is 9.97 Å². The molecule has 7 aromatic carbocycles. The summed E-state index contributed by atoms with van der Waals surface area (Å²) in [6.45, 7) is 0. The Kier molecular flexibility index (Phi) is 6.46. The second-order valence-corrected chi connectivity index (χ2v) is 11.8. The summed E-state index contributed by atoms with van der Waals surface area (Å²) in [4.78, 5) is 10.2. The second kappa shape index (κ2) is 11.2. The predicted molar refractivity (Wildman–Crippen MR) is 196 cm³/mol. The van der Waals surface area contributed by atoms with Crippen LogP contribution in [0, 0.1) is 0 Å². The normalized spacial score (nSPS) is 11.4. The van der Waals surface area contributed by atoms with Crippen LogP contribution in [-0.2, 0) is 0 Å². The molecule has 0 radical (unpaired) electrons. The first-order valence-electron chi connectivity index (χ1n) is 15.9. The first-order valence-corrected chi connectivity index (χ1v) is 15.9. The highest BCUT2D eigenvalue weighted by atomic mass is 15.0. The van der Waals surface area contributed by atoms with Crippen molar-refractivity contribution in [3.63, 3.8) is 0 Å². The number of benzene rings is 7. The molecule has 0 aliphatic rings. The Balaban J connectivity index is 1.09. The van der Waals surface area contributed by atoms with E-state index >= 15 is 0 Å². The minimum absolute atomic E-state index is 0.711. The Morgan fingerprint density at radius 3 is 1.60 bits per heavy atom. The van der Waals surface area contributed by atoms with Gasteiger partial charge in [0.05, 0.1) is 22.4 Å². The summed E-state index contributed by atoms with van der Waals surface area (Å²) in [6.07, 6.45) is 0. The number of fused-ring (bicyclic) bond motifs is 4. The largest absolute Gasteiger partial charge is 0.309 e. The molecule has 9 rings (SSSR count). The molecule has 0 N–H and O–H groups in total. The smallest absolute Gasteiger partial charge is 0.160 e. The number of rotatable bonds is 5. The summed E-state index contributed by atoms with van der Waals surface area (Å²) < 4.78 is 2.35. The van der Waals surface area contributed by atoms with Crippen molar-refractivity contribution in [2.24, 2.45) is 0 Å². The zero-order chi connectivity index (χ0) is 31.2. The number of nitrogens with zero attached hydrogens (tertiary/aromatic N) is 3. The number of para-hydroxylation sites is 2. The molecule has 3 heteroatoms. The molecule has 0 aliphatic heterocycles. The SMILES string of the molecule is c1ccc(-c2cc(-c3cccc4ccccc34)nc(-c3ccc(-c4ccc(-n5c6ccccc6c6ccccc65)cc4)cc3)n2)cc1. The summed E-state index contributed by atoms with van der Waals surface area (Å²) in [5.41, 5.74) is 10.9. The minimum Gasteiger partial charge on any atom is -0.309 e. The maximum Gasteiger partial charge on any atom is 0.160 e. The molecule has 0 atom stereocenters. The lowest BCUT2D eigenvalue weighted by Gasteiger charge is -2.12. The minimum atomic E-state index is 0.711. The molecule has 2 aromatic heterocycles. The highest BCUT2D eigenvalue weighted by Crippen LogP contribution is 2.34. The fourth-order valence-electron chi connectivity index (χ4n) is 6.74. The summed E-state index contributed by atoms with van der Waals surface area (Å²) in [6, 6.07) is 62.0. The van der Waals surface area contributed by atoms with Crippen molar-refractivity contribution in [2.45, 2.75) is 0 Å². The number of aromatic nitrogens is 3. The van der Waals surface area contributed by atoms with Gasteiger partial charge in [-0.3, -0.25) is 0 Å². The van der Waals surface area contributed by atoms with Gasteiger partial charge in [-0.2, -0.15) is 0 Å². The van der Waals surface area contributed by atoms with Gasteiger partial charge in [-0.1, -0.05) is 146 Å². The van der Waals surface area contributed by atoms with Crippen molar-refractivity contribution in [1.82, 2.24) is 14.5 Å². The number of hydrogen-bond donors (Lipinski definition) is 0. The van der Waals surface area contributed by atoms with Gasteiger partial charge in [0.2, 0.25) is 0 Å². The van der Waals surface area contributed by atoms with Crippen LogP contribution in [0.4, 0.5) is 0 Å². The maximum absolute atomic E-state index is 5.13. The third-order valence-electron chi connectivity index (χ3n) is 9.04. The number of hydrogen-bond acceptors (Lipinski definition) is 2. The van der Waals surface area contributed by atoms with Crippen molar-refractivity contribution >= 4 is 32.6 Å². The lowest BCUT2D eigenvalue weighted by atomic mass is 10.00. The molecule has 3 nitrogen and oxygen atoms in total. The average Bonchev–Trinajstić information content (AvgIpc) is 3.49. The van der Waals surface area contributed by atoms with Crippen LogP contribution in [0.1, 0.15) is 0 Å². The van der Waals surface area contributed by atoms with Gasteiger partial charge in [0, 0.05) is 33.2 Å². The monoisotopic (exact) mass is 599 g/mol.